The lowest BCUT2D eigenvalue weighted by atomic mass is 9.93. The van der Waals surface area contributed by atoms with Crippen LogP contribution in [0.4, 0.5) is 0 Å². The van der Waals surface area contributed by atoms with Gasteiger partial charge in [-0.15, -0.1) is 10.2 Å². The van der Waals surface area contributed by atoms with Crippen molar-refractivity contribution >= 4 is 17.5 Å². The number of halogens is 1. The molecule has 6 heteroatoms. The Kier molecular flexibility index (Phi) is 4.71. The van der Waals surface area contributed by atoms with E-state index < -0.39 is 0 Å². The third kappa shape index (κ3) is 3.78. The summed E-state index contributed by atoms with van der Waals surface area (Å²) in [5.41, 5.74) is 1.85. The van der Waals surface area contributed by atoms with Gasteiger partial charge in [0.05, 0.1) is 12.5 Å². The van der Waals surface area contributed by atoms with E-state index in [1.54, 1.807) is 0 Å². The topological polar surface area (TPSA) is 68.0 Å². The van der Waals surface area contributed by atoms with Crippen molar-refractivity contribution in [1.29, 1.82) is 0 Å². The molecular formula is C20H18ClN3O2. The first-order valence-electron chi connectivity index (χ1n) is 8.61. The molecule has 4 rings (SSSR count). The Balaban J connectivity index is 1.43. The summed E-state index contributed by atoms with van der Waals surface area (Å²) in [6.45, 7) is 0.218. The minimum Gasteiger partial charge on any atom is -0.419 e. The molecule has 1 unspecified atom stereocenters. The maximum atomic E-state index is 12.7. The van der Waals surface area contributed by atoms with E-state index in [1.807, 2.05) is 54.6 Å². The molecule has 1 aliphatic rings. The van der Waals surface area contributed by atoms with E-state index in [2.05, 4.69) is 15.5 Å². The van der Waals surface area contributed by atoms with Crippen LogP contribution in [0.1, 0.15) is 30.2 Å². The fraction of sp³-hybridized carbons (Fsp3) is 0.250. The van der Waals surface area contributed by atoms with Crippen LogP contribution in [-0.2, 0) is 11.3 Å². The molecule has 132 valence electrons. The fourth-order valence-electron chi connectivity index (χ4n) is 3.03. The van der Waals surface area contributed by atoms with Crippen LogP contribution in [0.25, 0.3) is 11.5 Å². The summed E-state index contributed by atoms with van der Waals surface area (Å²) in [5.74, 6) is 1.05. The second kappa shape index (κ2) is 7.30. The zero-order valence-corrected chi connectivity index (χ0v) is 14.8. The predicted octanol–water partition coefficient (Wildman–Crippen LogP) is 4.20. The molecule has 1 aromatic heterocycles. The molecule has 1 heterocycles. The highest BCUT2D eigenvalue weighted by atomic mass is 35.5. The molecule has 0 aliphatic heterocycles. The van der Waals surface area contributed by atoms with Crippen LogP contribution in [0.15, 0.2) is 59.0 Å². The van der Waals surface area contributed by atoms with E-state index in [4.69, 9.17) is 16.0 Å². The minimum atomic E-state index is -0.163. The van der Waals surface area contributed by atoms with Gasteiger partial charge in [0, 0.05) is 10.6 Å². The number of hydrogen-bond donors (Lipinski definition) is 1. The molecule has 1 aliphatic carbocycles. The Bertz CT molecular complexity index is 889. The summed E-state index contributed by atoms with van der Waals surface area (Å²) in [7, 11) is 0. The first kappa shape index (κ1) is 16.8. The molecule has 3 aromatic rings. The largest absolute Gasteiger partial charge is 0.419 e. The van der Waals surface area contributed by atoms with Crippen molar-refractivity contribution < 1.29 is 9.21 Å². The maximum Gasteiger partial charge on any atom is 0.247 e. The Morgan fingerprint density at radius 1 is 1.12 bits per heavy atom. The van der Waals surface area contributed by atoms with Crippen molar-refractivity contribution in [3.8, 4) is 11.5 Å². The molecule has 1 atom stereocenters. The van der Waals surface area contributed by atoms with E-state index in [1.165, 1.54) is 0 Å². The summed E-state index contributed by atoms with van der Waals surface area (Å²) in [6, 6.07) is 17.0. The van der Waals surface area contributed by atoms with E-state index in [0.717, 1.165) is 24.0 Å². The van der Waals surface area contributed by atoms with E-state index >= 15 is 0 Å². The number of rotatable bonds is 6. The van der Waals surface area contributed by atoms with Gasteiger partial charge in [0.1, 0.15) is 0 Å². The highest BCUT2D eigenvalue weighted by Crippen LogP contribution is 2.43. The highest BCUT2D eigenvalue weighted by molar-refractivity contribution is 6.30. The Morgan fingerprint density at radius 2 is 1.85 bits per heavy atom. The van der Waals surface area contributed by atoms with Crippen LogP contribution in [0.3, 0.4) is 0 Å². The third-order valence-corrected chi connectivity index (χ3v) is 4.76. The molecule has 1 saturated carbocycles. The minimum absolute atomic E-state index is 0.0192. The second-order valence-electron chi connectivity index (χ2n) is 6.45. The summed E-state index contributed by atoms with van der Waals surface area (Å²) in [4.78, 5) is 12.7. The van der Waals surface area contributed by atoms with E-state index in [9.17, 15) is 4.79 Å². The quantitative estimate of drug-likeness (QED) is 0.709. The number of aromatic nitrogens is 2. The molecule has 0 spiro atoms. The van der Waals surface area contributed by atoms with Gasteiger partial charge in [-0.25, -0.2) is 0 Å². The zero-order valence-electron chi connectivity index (χ0n) is 14.1. The van der Waals surface area contributed by atoms with Gasteiger partial charge in [-0.2, -0.15) is 0 Å². The van der Waals surface area contributed by atoms with Gasteiger partial charge in [0.25, 0.3) is 0 Å². The Labute approximate surface area is 156 Å². The number of amides is 1. The van der Waals surface area contributed by atoms with E-state index in [0.29, 0.717) is 22.7 Å². The normalized spacial score (nSPS) is 14.8. The van der Waals surface area contributed by atoms with Gasteiger partial charge in [0.15, 0.2) is 0 Å². The van der Waals surface area contributed by atoms with Crippen molar-refractivity contribution in [3.05, 3.63) is 71.1 Å². The zero-order chi connectivity index (χ0) is 17.9. The van der Waals surface area contributed by atoms with Crippen LogP contribution in [0.5, 0.6) is 0 Å². The van der Waals surface area contributed by atoms with Gasteiger partial charge < -0.3 is 9.73 Å². The van der Waals surface area contributed by atoms with Gasteiger partial charge >= 0.3 is 0 Å². The van der Waals surface area contributed by atoms with Gasteiger partial charge in [0.2, 0.25) is 17.7 Å². The molecule has 0 bridgehead atoms. The molecule has 1 fully saturated rings. The van der Waals surface area contributed by atoms with Crippen LogP contribution in [-0.4, -0.2) is 16.1 Å². The average Bonchev–Trinajstić information content (AvgIpc) is 3.38. The molecule has 1 amide bonds. The SMILES string of the molecule is O=C(NCc1nnc(-c2ccccc2)o1)C(c1ccc(Cl)cc1)C1CC1. The summed E-state index contributed by atoms with van der Waals surface area (Å²) in [5, 5.41) is 11.7. The van der Waals surface area contributed by atoms with Gasteiger partial charge in [-0.05, 0) is 48.6 Å². The maximum absolute atomic E-state index is 12.7. The Morgan fingerprint density at radius 3 is 2.54 bits per heavy atom. The standard InChI is InChI=1S/C20H18ClN3O2/c21-16-10-8-14(9-11-16)18(13-6-7-13)19(25)22-12-17-23-24-20(26-17)15-4-2-1-3-5-15/h1-5,8-11,13,18H,6-7,12H2,(H,22,25). The lowest BCUT2D eigenvalue weighted by Crippen LogP contribution is -2.30. The van der Waals surface area contributed by atoms with Crippen molar-refractivity contribution in [3.63, 3.8) is 0 Å². The molecule has 0 saturated heterocycles. The first-order chi connectivity index (χ1) is 12.7. The van der Waals surface area contributed by atoms with Crippen LogP contribution in [0, 0.1) is 5.92 Å². The van der Waals surface area contributed by atoms with E-state index in [-0.39, 0.29) is 18.4 Å². The molecule has 0 radical (unpaired) electrons. The lowest BCUT2D eigenvalue weighted by molar-refractivity contribution is -0.123. The number of nitrogens with one attached hydrogen (secondary N) is 1. The summed E-state index contributed by atoms with van der Waals surface area (Å²) < 4.78 is 5.64. The second-order valence-corrected chi connectivity index (χ2v) is 6.89. The molecule has 2 aromatic carbocycles. The Hall–Kier alpha value is -2.66. The highest BCUT2D eigenvalue weighted by Gasteiger charge is 2.37. The molecule has 1 N–H and O–H groups in total. The van der Waals surface area contributed by atoms with Crippen molar-refractivity contribution in [2.75, 3.05) is 0 Å². The van der Waals surface area contributed by atoms with Crippen LogP contribution < -0.4 is 5.32 Å². The fourth-order valence-corrected chi connectivity index (χ4v) is 3.16. The third-order valence-electron chi connectivity index (χ3n) is 4.51. The van der Waals surface area contributed by atoms with Crippen LogP contribution >= 0.6 is 11.6 Å². The molecular weight excluding hydrogens is 350 g/mol. The van der Waals surface area contributed by atoms with Crippen molar-refractivity contribution in [2.24, 2.45) is 5.92 Å². The monoisotopic (exact) mass is 367 g/mol. The van der Waals surface area contributed by atoms with Gasteiger partial charge in [-0.1, -0.05) is 41.9 Å². The molecule has 26 heavy (non-hydrogen) atoms. The van der Waals surface area contributed by atoms with Gasteiger partial charge in [-0.3, -0.25) is 4.79 Å². The number of carbonyl (C=O) groups excluding carboxylic acids is 1. The summed E-state index contributed by atoms with van der Waals surface area (Å²) in [6.07, 6.45) is 2.14. The summed E-state index contributed by atoms with van der Waals surface area (Å²) >= 11 is 5.96. The number of carbonyl (C=O) groups is 1. The number of hydrogen-bond acceptors (Lipinski definition) is 4. The van der Waals surface area contributed by atoms with Crippen molar-refractivity contribution in [2.45, 2.75) is 25.3 Å². The number of benzene rings is 2. The first-order valence-corrected chi connectivity index (χ1v) is 8.99. The smallest absolute Gasteiger partial charge is 0.247 e. The average molecular weight is 368 g/mol. The molecule has 5 nitrogen and oxygen atoms in total. The van der Waals surface area contributed by atoms with Crippen LogP contribution in [0.2, 0.25) is 5.02 Å². The predicted molar refractivity (Wildman–Crippen MR) is 98.5 cm³/mol. The number of nitrogens with zero attached hydrogens (tertiary/aromatic N) is 2. The van der Waals surface area contributed by atoms with Crippen molar-refractivity contribution in [1.82, 2.24) is 15.5 Å². The lowest BCUT2D eigenvalue weighted by Gasteiger charge is -2.16.